The van der Waals surface area contributed by atoms with Crippen molar-refractivity contribution >= 4 is 13.7 Å². The SMILES string of the molecule is CCCCCCCCCCCCCC/C=C\CCCCCCCC(O)CC(=O)NC(COP(=O)(O)OC1C(O)C(O)C(O)C(O)C1O)C(O)/C=C/CC/C=C/CCCCCCCCCCCCCCCCC. The van der Waals surface area contributed by atoms with Crippen LogP contribution in [0.15, 0.2) is 36.5 Å². The van der Waals surface area contributed by atoms with Gasteiger partial charge in [-0.25, -0.2) is 4.57 Å². The van der Waals surface area contributed by atoms with E-state index in [-0.39, 0.29) is 6.42 Å². The number of allylic oxidation sites excluding steroid dienone is 5. The van der Waals surface area contributed by atoms with Crippen molar-refractivity contribution in [3.8, 4) is 0 Å². The molecule has 72 heavy (non-hydrogen) atoms. The Hall–Kier alpha value is -1.48. The zero-order chi connectivity index (χ0) is 52.9. The molecule has 9 N–H and O–H groups in total. The number of rotatable bonds is 50. The third kappa shape index (κ3) is 37.3. The molecule has 0 heterocycles. The first-order valence-corrected chi connectivity index (χ1v) is 31.0. The molecule has 0 bridgehead atoms. The second-order valence-corrected chi connectivity index (χ2v) is 22.4. The molecule has 14 heteroatoms. The summed E-state index contributed by atoms with van der Waals surface area (Å²) in [5.41, 5.74) is 0. The van der Waals surface area contributed by atoms with E-state index < -0.39 is 75.2 Å². The van der Waals surface area contributed by atoms with Gasteiger partial charge in [0.05, 0.1) is 31.3 Å². The van der Waals surface area contributed by atoms with Gasteiger partial charge in [-0.3, -0.25) is 13.8 Å². The Morgan fingerprint density at radius 2 is 0.819 bits per heavy atom. The number of carbonyl (C=O) groups excluding carboxylic acids is 1. The highest BCUT2D eigenvalue weighted by Crippen LogP contribution is 2.47. The number of phosphoric ester groups is 1. The number of hydrogen-bond donors (Lipinski definition) is 9. The van der Waals surface area contributed by atoms with Crippen LogP contribution in [0.25, 0.3) is 0 Å². The molecule has 8 atom stereocenters. The summed E-state index contributed by atoms with van der Waals surface area (Å²) in [5, 5.41) is 74.9. The molecule has 0 saturated heterocycles. The van der Waals surface area contributed by atoms with Crippen molar-refractivity contribution in [2.75, 3.05) is 6.61 Å². The molecule has 0 aromatic rings. The fourth-order valence-electron chi connectivity index (χ4n) is 9.43. The third-order valence-electron chi connectivity index (χ3n) is 14.2. The van der Waals surface area contributed by atoms with E-state index in [1.165, 1.54) is 173 Å². The number of hydrogen-bond acceptors (Lipinski definition) is 11. The van der Waals surface area contributed by atoms with Gasteiger partial charge in [0.2, 0.25) is 5.91 Å². The molecule has 1 amide bonds. The fourth-order valence-corrected chi connectivity index (χ4v) is 10.4. The maximum Gasteiger partial charge on any atom is 0.472 e. The Morgan fingerprint density at radius 3 is 1.22 bits per heavy atom. The van der Waals surface area contributed by atoms with Crippen molar-refractivity contribution in [2.24, 2.45) is 0 Å². The topological polar surface area (TPSA) is 226 Å². The molecule has 0 aromatic heterocycles. The molecule has 1 fully saturated rings. The Bertz CT molecular complexity index is 1370. The lowest BCUT2D eigenvalue weighted by Gasteiger charge is -2.41. The minimum absolute atomic E-state index is 0.257. The summed E-state index contributed by atoms with van der Waals surface area (Å²) < 4.78 is 23.0. The van der Waals surface area contributed by atoms with Crippen molar-refractivity contribution < 1.29 is 59.0 Å². The number of carbonyl (C=O) groups is 1. The van der Waals surface area contributed by atoms with E-state index in [9.17, 15) is 50.0 Å². The van der Waals surface area contributed by atoms with E-state index in [0.29, 0.717) is 12.8 Å². The van der Waals surface area contributed by atoms with Gasteiger partial charge in [-0.1, -0.05) is 237 Å². The van der Waals surface area contributed by atoms with Gasteiger partial charge in [0.1, 0.15) is 36.6 Å². The minimum atomic E-state index is -5.16. The second kappa shape index (κ2) is 46.8. The minimum Gasteiger partial charge on any atom is -0.393 e. The van der Waals surface area contributed by atoms with Crippen LogP contribution in [-0.2, 0) is 18.4 Å². The maximum absolute atomic E-state index is 13.1. The zero-order valence-electron chi connectivity index (χ0n) is 45.6. The van der Waals surface area contributed by atoms with E-state index in [2.05, 4.69) is 43.5 Å². The lowest BCUT2D eigenvalue weighted by Crippen LogP contribution is -2.64. The Labute approximate surface area is 438 Å². The number of unbranched alkanes of at least 4 members (excludes halogenated alkanes) is 33. The lowest BCUT2D eigenvalue weighted by atomic mass is 9.85. The second-order valence-electron chi connectivity index (χ2n) is 21.0. The molecule has 8 unspecified atom stereocenters. The molecule has 1 aliphatic rings. The molecular weight excluding hydrogens is 934 g/mol. The number of aliphatic hydroxyl groups excluding tert-OH is 7. The molecule has 13 nitrogen and oxygen atoms in total. The van der Waals surface area contributed by atoms with E-state index in [1.54, 1.807) is 6.08 Å². The summed E-state index contributed by atoms with van der Waals surface area (Å²) in [6.45, 7) is 3.78. The molecule has 1 saturated carbocycles. The van der Waals surface area contributed by atoms with Gasteiger partial charge in [-0.05, 0) is 57.8 Å². The summed E-state index contributed by atoms with van der Waals surface area (Å²) in [5.74, 6) is -0.604. The van der Waals surface area contributed by atoms with Crippen LogP contribution in [0.3, 0.4) is 0 Å². The van der Waals surface area contributed by atoms with Gasteiger partial charge in [-0.2, -0.15) is 0 Å². The van der Waals surface area contributed by atoms with Gasteiger partial charge in [0.25, 0.3) is 0 Å². The quantitative estimate of drug-likeness (QED) is 0.0158. The van der Waals surface area contributed by atoms with Crippen molar-refractivity contribution in [2.45, 2.75) is 319 Å². The Kier molecular flexibility index (Phi) is 44.5. The van der Waals surface area contributed by atoms with Crippen molar-refractivity contribution in [1.29, 1.82) is 0 Å². The predicted octanol–water partition coefficient (Wildman–Crippen LogP) is 12.4. The van der Waals surface area contributed by atoms with Gasteiger partial charge in [0.15, 0.2) is 0 Å². The summed E-state index contributed by atoms with van der Waals surface area (Å²) in [6, 6.07) is -1.26. The normalized spacial score (nSPS) is 21.8. The highest BCUT2D eigenvalue weighted by molar-refractivity contribution is 7.47. The number of phosphoric acid groups is 1. The average Bonchev–Trinajstić information content (AvgIpc) is 3.36. The van der Waals surface area contributed by atoms with Crippen LogP contribution >= 0.6 is 7.82 Å². The van der Waals surface area contributed by atoms with Gasteiger partial charge < -0.3 is 46.0 Å². The number of aliphatic hydroxyl groups is 7. The van der Waals surface area contributed by atoms with E-state index in [4.69, 9.17) is 9.05 Å². The fraction of sp³-hybridized carbons (Fsp3) is 0.879. The third-order valence-corrected chi connectivity index (χ3v) is 15.2. The first-order valence-electron chi connectivity index (χ1n) is 29.5. The average molecular weight is 1040 g/mol. The smallest absolute Gasteiger partial charge is 0.393 e. The summed E-state index contributed by atoms with van der Waals surface area (Å²) in [6.07, 6.45) is 43.7. The predicted molar refractivity (Wildman–Crippen MR) is 293 cm³/mol. The maximum atomic E-state index is 13.1. The van der Waals surface area contributed by atoms with Crippen LogP contribution in [0.4, 0.5) is 0 Å². The highest BCUT2D eigenvalue weighted by Gasteiger charge is 2.51. The van der Waals surface area contributed by atoms with Crippen LogP contribution in [0.1, 0.15) is 264 Å². The molecule has 0 aliphatic heterocycles. The number of nitrogens with one attached hydrogen (secondary N) is 1. The van der Waals surface area contributed by atoms with Crippen molar-refractivity contribution in [1.82, 2.24) is 5.32 Å². The molecular formula is C58H110NO12P. The van der Waals surface area contributed by atoms with E-state index >= 15 is 0 Å². The first-order chi connectivity index (χ1) is 34.8. The Morgan fingerprint density at radius 1 is 0.486 bits per heavy atom. The van der Waals surface area contributed by atoms with Crippen LogP contribution in [-0.4, -0.2) is 108 Å². The summed E-state index contributed by atoms with van der Waals surface area (Å²) in [7, 11) is -5.16. The van der Waals surface area contributed by atoms with E-state index in [1.807, 2.05) is 0 Å². The van der Waals surface area contributed by atoms with Gasteiger partial charge in [-0.15, -0.1) is 0 Å². The van der Waals surface area contributed by atoms with Crippen LogP contribution in [0.5, 0.6) is 0 Å². The highest BCUT2D eigenvalue weighted by atomic mass is 31.2. The first kappa shape index (κ1) is 68.5. The van der Waals surface area contributed by atoms with Crippen molar-refractivity contribution in [3.05, 3.63) is 36.5 Å². The molecule has 1 aliphatic carbocycles. The standard InChI is InChI=1S/C58H110NO12P/c1-3-5-7-9-11-13-15-17-19-21-23-25-27-29-31-33-35-37-39-41-43-45-49(60)47-52(62)59-50(48-70-72(68,69)71-58-56(66)54(64)53(63)55(65)57(58)67)51(61)46-44-42-40-38-36-34-32-30-28-26-24-22-20-18-16-14-12-10-8-6-4-2/h29,31,36,38,44,46,49-51,53-58,60-61,63-67H,3-28,30,32-35,37,39-43,45,47-48H2,1-2H3,(H,59,62)(H,68,69)/b31-29-,38-36+,46-44+. The Balaban J connectivity index is 2.43. The molecule has 1 rings (SSSR count). The molecule has 0 spiro atoms. The number of amides is 1. The van der Waals surface area contributed by atoms with Crippen LogP contribution < -0.4 is 5.32 Å². The van der Waals surface area contributed by atoms with Gasteiger partial charge in [0, 0.05) is 0 Å². The molecule has 0 radical (unpaired) electrons. The monoisotopic (exact) mass is 1040 g/mol. The van der Waals surface area contributed by atoms with E-state index in [0.717, 1.165) is 64.2 Å². The van der Waals surface area contributed by atoms with Gasteiger partial charge >= 0.3 is 7.82 Å². The largest absolute Gasteiger partial charge is 0.472 e. The van der Waals surface area contributed by atoms with Crippen molar-refractivity contribution in [3.63, 3.8) is 0 Å². The molecule has 0 aromatic carbocycles. The zero-order valence-corrected chi connectivity index (χ0v) is 46.5. The van der Waals surface area contributed by atoms with Crippen LogP contribution in [0, 0.1) is 0 Å². The lowest BCUT2D eigenvalue weighted by molar-refractivity contribution is -0.220. The molecule has 424 valence electrons. The summed E-state index contributed by atoms with van der Waals surface area (Å²) >= 11 is 0. The van der Waals surface area contributed by atoms with Crippen LogP contribution in [0.2, 0.25) is 0 Å². The summed E-state index contributed by atoms with van der Waals surface area (Å²) in [4.78, 5) is 23.6.